The van der Waals surface area contributed by atoms with Gasteiger partial charge in [-0.15, -0.1) is 16.4 Å². The minimum absolute atomic E-state index is 0.229. The number of carbonyl (C=O) groups is 1. The molecule has 9 heteroatoms. The summed E-state index contributed by atoms with van der Waals surface area (Å²) in [5.41, 5.74) is 1.38. The van der Waals surface area contributed by atoms with Crippen LogP contribution in [0.1, 0.15) is 16.2 Å². The summed E-state index contributed by atoms with van der Waals surface area (Å²) >= 11 is 7.46. The maximum absolute atomic E-state index is 12.4. The molecule has 0 spiro atoms. The molecular weight excluding hydrogens is 338 g/mol. The van der Waals surface area contributed by atoms with Crippen LogP contribution in [0.2, 0.25) is 5.02 Å². The minimum Gasteiger partial charge on any atom is -0.495 e. The summed E-state index contributed by atoms with van der Waals surface area (Å²) in [7, 11) is 1.53. The summed E-state index contributed by atoms with van der Waals surface area (Å²) in [6.07, 6.45) is 1.67. The van der Waals surface area contributed by atoms with E-state index < -0.39 is 0 Å². The van der Waals surface area contributed by atoms with Gasteiger partial charge in [0, 0.05) is 17.3 Å². The highest BCUT2D eigenvalue weighted by atomic mass is 35.5. The van der Waals surface area contributed by atoms with E-state index in [2.05, 4.69) is 20.6 Å². The number of hydrogen-bond donors (Lipinski definition) is 1. The molecule has 0 saturated carbocycles. The minimum atomic E-state index is -0.369. The monoisotopic (exact) mass is 349 g/mol. The number of nitrogens with zero attached hydrogens (tertiary/aromatic N) is 4. The molecule has 0 saturated heterocycles. The van der Waals surface area contributed by atoms with Crippen molar-refractivity contribution < 1.29 is 9.53 Å². The molecule has 0 bridgehead atoms. The van der Waals surface area contributed by atoms with Gasteiger partial charge in [0.1, 0.15) is 5.75 Å². The first-order valence-corrected chi connectivity index (χ1v) is 7.83. The average molecular weight is 350 g/mol. The highest BCUT2D eigenvalue weighted by Crippen LogP contribution is 2.27. The van der Waals surface area contributed by atoms with Crippen LogP contribution in [0.3, 0.4) is 0 Å². The van der Waals surface area contributed by atoms with Gasteiger partial charge in [0.2, 0.25) is 5.13 Å². The fourth-order valence-corrected chi connectivity index (χ4v) is 2.87. The van der Waals surface area contributed by atoms with Crippen LogP contribution in [-0.2, 0) is 0 Å². The zero-order valence-electron chi connectivity index (χ0n) is 12.3. The molecule has 3 rings (SSSR count). The molecule has 23 heavy (non-hydrogen) atoms. The van der Waals surface area contributed by atoms with Crippen LogP contribution in [0.15, 0.2) is 29.8 Å². The standard InChI is InChI=1S/C14H12ClN5O2S/c1-8-12(18-19-20(8)14-16-5-6-23-14)13(21)17-9-3-4-11(22-2)10(15)7-9/h3-7H,1-2H3,(H,17,21). The second-order valence-electron chi connectivity index (χ2n) is 4.55. The Morgan fingerprint density at radius 2 is 2.26 bits per heavy atom. The molecule has 2 aromatic heterocycles. The number of rotatable bonds is 4. The van der Waals surface area contributed by atoms with Crippen molar-refractivity contribution in [1.82, 2.24) is 20.0 Å². The molecule has 2 heterocycles. The average Bonchev–Trinajstić information content (AvgIpc) is 3.16. The number of aromatic nitrogens is 4. The van der Waals surface area contributed by atoms with Crippen LogP contribution in [0.25, 0.3) is 5.13 Å². The molecule has 118 valence electrons. The first kappa shape index (κ1) is 15.4. The Bertz CT molecular complexity index is 847. The molecule has 1 amide bonds. The number of amides is 1. The topological polar surface area (TPSA) is 81.9 Å². The molecule has 0 aliphatic heterocycles. The summed E-state index contributed by atoms with van der Waals surface area (Å²) in [5.74, 6) is 0.169. The number of nitrogens with one attached hydrogen (secondary N) is 1. The van der Waals surface area contributed by atoms with E-state index in [1.54, 1.807) is 31.3 Å². The Kier molecular flexibility index (Phi) is 4.26. The third-order valence-electron chi connectivity index (χ3n) is 3.12. The fourth-order valence-electron chi connectivity index (χ4n) is 1.98. The Labute approximate surface area is 140 Å². The lowest BCUT2D eigenvalue weighted by Gasteiger charge is -2.07. The maximum atomic E-state index is 12.4. The highest BCUT2D eigenvalue weighted by Gasteiger charge is 2.18. The van der Waals surface area contributed by atoms with Gasteiger partial charge < -0.3 is 10.1 Å². The zero-order valence-corrected chi connectivity index (χ0v) is 13.9. The van der Waals surface area contributed by atoms with Crippen molar-refractivity contribution in [3.8, 4) is 10.9 Å². The Morgan fingerprint density at radius 3 is 2.91 bits per heavy atom. The number of halogens is 1. The van der Waals surface area contributed by atoms with Gasteiger partial charge in [-0.05, 0) is 25.1 Å². The number of carbonyl (C=O) groups excluding carboxylic acids is 1. The zero-order chi connectivity index (χ0) is 16.4. The Morgan fingerprint density at radius 1 is 1.43 bits per heavy atom. The van der Waals surface area contributed by atoms with Crippen molar-refractivity contribution in [2.24, 2.45) is 0 Å². The van der Waals surface area contributed by atoms with Crippen LogP contribution in [0.4, 0.5) is 5.69 Å². The van der Waals surface area contributed by atoms with E-state index in [0.717, 1.165) is 0 Å². The van der Waals surface area contributed by atoms with Crippen LogP contribution < -0.4 is 10.1 Å². The first-order chi connectivity index (χ1) is 11.1. The van der Waals surface area contributed by atoms with Gasteiger partial charge in [0.05, 0.1) is 17.8 Å². The smallest absolute Gasteiger partial charge is 0.278 e. The van der Waals surface area contributed by atoms with E-state index >= 15 is 0 Å². The molecule has 7 nitrogen and oxygen atoms in total. The third kappa shape index (κ3) is 3.03. The fraction of sp³-hybridized carbons (Fsp3) is 0.143. The molecule has 1 N–H and O–H groups in total. The summed E-state index contributed by atoms with van der Waals surface area (Å²) in [6.45, 7) is 1.76. The van der Waals surface area contributed by atoms with Crippen LogP contribution in [-0.4, -0.2) is 33.0 Å². The van der Waals surface area contributed by atoms with E-state index in [-0.39, 0.29) is 11.6 Å². The lowest BCUT2D eigenvalue weighted by Crippen LogP contribution is -2.14. The van der Waals surface area contributed by atoms with Crippen LogP contribution in [0.5, 0.6) is 5.75 Å². The van der Waals surface area contributed by atoms with E-state index in [1.807, 2.05) is 5.38 Å². The number of ether oxygens (including phenoxy) is 1. The van der Waals surface area contributed by atoms with E-state index in [1.165, 1.54) is 23.1 Å². The summed E-state index contributed by atoms with van der Waals surface area (Å²) in [4.78, 5) is 16.5. The first-order valence-electron chi connectivity index (χ1n) is 6.57. The molecule has 0 fully saturated rings. The van der Waals surface area contributed by atoms with Gasteiger partial charge in [-0.2, -0.15) is 4.68 Å². The number of methoxy groups -OCH3 is 1. The maximum Gasteiger partial charge on any atom is 0.278 e. The molecular formula is C14H12ClN5O2S. The third-order valence-corrected chi connectivity index (χ3v) is 4.16. The van der Waals surface area contributed by atoms with Gasteiger partial charge in [-0.3, -0.25) is 4.79 Å². The van der Waals surface area contributed by atoms with Crippen molar-refractivity contribution in [3.63, 3.8) is 0 Å². The predicted octanol–water partition coefficient (Wildman–Crippen LogP) is 2.95. The molecule has 0 aliphatic carbocycles. The van der Waals surface area contributed by atoms with Crippen molar-refractivity contribution in [3.05, 3.63) is 46.2 Å². The lowest BCUT2D eigenvalue weighted by molar-refractivity contribution is 0.102. The number of benzene rings is 1. The summed E-state index contributed by atoms with van der Waals surface area (Å²) in [5, 5.41) is 13.5. The van der Waals surface area contributed by atoms with Gasteiger partial charge in [-0.1, -0.05) is 16.8 Å². The second kappa shape index (κ2) is 6.35. The Hall–Kier alpha value is -2.45. The summed E-state index contributed by atoms with van der Waals surface area (Å²) in [6, 6.07) is 4.99. The Balaban J connectivity index is 1.83. The van der Waals surface area contributed by atoms with E-state index in [4.69, 9.17) is 16.3 Å². The van der Waals surface area contributed by atoms with E-state index in [9.17, 15) is 4.79 Å². The molecule has 0 unspecified atom stereocenters. The van der Waals surface area contributed by atoms with E-state index in [0.29, 0.717) is 27.3 Å². The molecule has 0 atom stereocenters. The van der Waals surface area contributed by atoms with Gasteiger partial charge in [0.25, 0.3) is 5.91 Å². The quantitative estimate of drug-likeness (QED) is 0.783. The van der Waals surface area contributed by atoms with Gasteiger partial charge in [0.15, 0.2) is 5.69 Å². The molecule has 0 radical (unpaired) electrons. The van der Waals surface area contributed by atoms with Crippen molar-refractivity contribution in [2.45, 2.75) is 6.92 Å². The lowest BCUT2D eigenvalue weighted by atomic mass is 10.2. The normalized spacial score (nSPS) is 10.6. The molecule has 1 aromatic carbocycles. The van der Waals surface area contributed by atoms with Crippen molar-refractivity contribution in [1.29, 1.82) is 0 Å². The predicted molar refractivity (Wildman–Crippen MR) is 87.7 cm³/mol. The molecule has 0 aliphatic rings. The second-order valence-corrected chi connectivity index (χ2v) is 5.83. The number of hydrogen-bond acceptors (Lipinski definition) is 6. The highest BCUT2D eigenvalue weighted by molar-refractivity contribution is 7.12. The van der Waals surface area contributed by atoms with Gasteiger partial charge in [-0.25, -0.2) is 4.98 Å². The number of anilines is 1. The van der Waals surface area contributed by atoms with Crippen molar-refractivity contribution >= 4 is 34.5 Å². The number of thiazole rings is 1. The van der Waals surface area contributed by atoms with Gasteiger partial charge >= 0.3 is 0 Å². The SMILES string of the molecule is COc1ccc(NC(=O)c2nnn(-c3nccs3)c2C)cc1Cl. The van der Waals surface area contributed by atoms with Crippen molar-refractivity contribution in [2.75, 3.05) is 12.4 Å². The van der Waals surface area contributed by atoms with Crippen LogP contribution >= 0.6 is 22.9 Å². The molecule has 3 aromatic rings. The van der Waals surface area contributed by atoms with Crippen LogP contribution in [0, 0.1) is 6.92 Å². The largest absolute Gasteiger partial charge is 0.495 e. The summed E-state index contributed by atoms with van der Waals surface area (Å²) < 4.78 is 6.61.